The van der Waals surface area contributed by atoms with Gasteiger partial charge in [0, 0.05) is 28.4 Å². The molecule has 0 radical (unpaired) electrons. The average molecular weight is 294 g/mol. The van der Waals surface area contributed by atoms with Crippen LogP contribution in [0.1, 0.15) is 17.0 Å². The van der Waals surface area contributed by atoms with Crippen LogP contribution in [0, 0.1) is 6.92 Å². The predicted molar refractivity (Wildman–Crippen MR) is 77.2 cm³/mol. The molecule has 0 unspecified atom stereocenters. The Labute approximate surface area is 122 Å². The van der Waals surface area contributed by atoms with Crippen molar-refractivity contribution in [1.29, 1.82) is 0 Å². The summed E-state index contributed by atoms with van der Waals surface area (Å²) in [6.45, 7) is 2.07. The summed E-state index contributed by atoms with van der Waals surface area (Å²) in [6.07, 6.45) is 0. The summed E-state index contributed by atoms with van der Waals surface area (Å²) in [4.78, 5) is 4.38. The third-order valence-electron chi connectivity index (χ3n) is 2.78. The summed E-state index contributed by atoms with van der Waals surface area (Å²) >= 11 is 5.88. The van der Waals surface area contributed by atoms with Crippen LogP contribution in [0.5, 0.6) is 11.5 Å². The summed E-state index contributed by atoms with van der Waals surface area (Å²) in [5.74, 6) is 1.34. The minimum atomic E-state index is -0.125. The molecule has 1 aromatic carbocycles. The molecular weight excluding hydrogens is 278 g/mol. The number of hydrogen-bond acceptors (Lipinski definition) is 4. The van der Waals surface area contributed by atoms with Crippen molar-refractivity contribution in [1.82, 2.24) is 4.98 Å². The molecule has 106 valence electrons. The number of aromatic nitrogens is 1. The second-order valence-electron chi connectivity index (χ2n) is 4.34. The maximum absolute atomic E-state index is 9.29. The smallest absolute Gasteiger partial charge is 0.130 e. The van der Waals surface area contributed by atoms with Gasteiger partial charge in [0.05, 0.1) is 19.4 Å². The molecule has 5 heteroatoms. The van der Waals surface area contributed by atoms with E-state index in [9.17, 15) is 5.11 Å². The first-order chi connectivity index (χ1) is 9.62. The summed E-state index contributed by atoms with van der Waals surface area (Å²) in [5, 5.41) is 9.86. The average Bonchev–Trinajstić information content (AvgIpc) is 2.45. The third-order valence-corrected chi connectivity index (χ3v) is 3.02. The molecule has 0 aliphatic carbocycles. The molecule has 1 N–H and O–H groups in total. The van der Waals surface area contributed by atoms with Gasteiger partial charge in [-0.1, -0.05) is 11.6 Å². The van der Waals surface area contributed by atoms with Gasteiger partial charge in [0.1, 0.15) is 18.1 Å². The van der Waals surface area contributed by atoms with Crippen molar-refractivity contribution in [2.45, 2.75) is 20.1 Å². The van der Waals surface area contributed by atoms with Crippen molar-refractivity contribution in [3.63, 3.8) is 0 Å². The maximum Gasteiger partial charge on any atom is 0.130 e. The normalized spacial score (nSPS) is 10.4. The van der Waals surface area contributed by atoms with E-state index < -0.39 is 0 Å². The Hall–Kier alpha value is -1.78. The van der Waals surface area contributed by atoms with E-state index in [2.05, 4.69) is 4.98 Å². The molecule has 0 fully saturated rings. The molecule has 0 aliphatic heterocycles. The zero-order valence-corrected chi connectivity index (χ0v) is 12.1. The highest BCUT2D eigenvalue weighted by Crippen LogP contribution is 2.24. The van der Waals surface area contributed by atoms with Crippen molar-refractivity contribution < 1.29 is 14.6 Å². The SMILES string of the molecule is COc1cc(C)nc(COc2ccc(Cl)cc2CO)c1. The van der Waals surface area contributed by atoms with E-state index in [1.165, 1.54) is 0 Å². The Bertz CT molecular complexity index is 602. The molecule has 4 nitrogen and oxygen atoms in total. The largest absolute Gasteiger partial charge is 0.497 e. The van der Waals surface area contributed by atoms with Crippen LogP contribution in [0.3, 0.4) is 0 Å². The lowest BCUT2D eigenvalue weighted by Crippen LogP contribution is -2.02. The molecule has 1 aromatic heterocycles. The Morgan fingerprint density at radius 2 is 2.05 bits per heavy atom. The molecule has 0 amide bonds. The van der Waals surface area contributed by atoms with Crippen LogP contribution >= 0.6 is 11.6 Å². The number of ether oxygens (including phenoxy) is 2. The topological polar surface area (TPSA) is 51.6 Å². The number of aliphatic hydroxyl groups excluding tert-OH is 1. The quantitative estimate of drug-likeness (QED) is 0.920. The molecule has 0 aliphatic rings. The minimum absolute atomic E-state index is 0.125. The van der Waals surface area contributed by atoms with E-state index in [4.69, 9.17) is 21.1 Å². The lowest BCUT2D eigenvalue weighted by Gasteiger charge is -2.11. The van der Waals surface area contributed by atoms with Crippen molar-refractivity contribution in [3.05, 3.63) is 52.3 Å². The predicted octanol–water partition coefficient (Wildman–Crippen LogP) is 3.12. The van der Waals surface area contributed by atoms with Gasteiger partial charge in [-0.2, -0.15) is 0 Å². The molecule has 2 rings (SSSR count). The van der Waals surface area contributed by atoms with Gasteiger partial charge in [-0.3, -0.25) is 4.98 Å². The summed E-state index contributed by atoms with van der Waals surface area (Å²) in [5.41, 5.74) is 2.28. The number of hydrogen-bond donors (Lipinski definition) is 1. The molecule has 2 aromatic rings. The Morgan fingerprint density at radius 1 is 1.25 bits per heavy atom. The second-order valence-corrected chi connectivity index (χ2v) is 4.77. The van der Waals surface area contributed by atoms with E-state index in [1.807, 2.05) is 19.1 Å². The van der Waals surface area contributed by atoms with Crippen molar-refractivity contribution >= 4 is 11.6 Å². The number of aliphatic hydroxyl groups is 1. The number of halogens is 1. The first kappa shape index (κ1) is 14.6. The second kappa shape index (κ2) is 6.59. The number of nitrogens with zero attached hydrogens (tertiary/aromatic N) is 1. The van der Waals surface area contributed by atoms with Gasteiger partial charge < -0.3 is 14.6 Å². The van der Waals surface area contributed by atoms with Gasteiger partial charge in [0.25, 0.3) is 0 Å². The van der Waals surface area contributed by atoms with Gasteiger partial charge in [-0.05, 0) is 25.1 Å². The van der Waals surface area contributed by atoms with E-state index in [-0.39, 0.29) is 6.61 Å². The van der Waals surface area contributed by atoms with Crippen LogP contribution in [0.25, 0.3) is 0 Å². The summed E-state index contributed by atoms with van der Waals surface area (Å²) < 4.78 is 10.9. The minimum Gasteiger partial charge on any atom is -0.497 e. The number of pyridine rings is 1. The molecule has 20 heavy (non-hydrogen) atoms. The van der Waals surface area contributed by atoms with Crippen LogP contribution in [0.2, 0.25) is 5.02 Å². The first-order valence-corrected chi connectivity index (χ1v) is 6.54. The summed E-state index contributed by atoms with van der Waals surface area (Å²) in [6, 6.07) is 8.81. The van der Waals surface area contributed by atoms with Crippen molar-refractivity contribution in [2.75, 3.05) is 7.11 Å². The number of benzene rings is 1. The number of aryl methyl sites for hydroxylation is 1. The molecule has 0 atom stereocenters. The van der Waals surface area contributed by atoms with Crippen molar-refractivity contribution in [2.24, 2.45) is 0 Å². The van der Waals surface area contributed by atoms with Crippen LogP contribution in [0.15, 0.2) is 30.3 Å². The number of methoxy groups -OCH3 is 1. The van der Waals surface area contributed by atoms with Crippen molar-refractivity contribution in [3.8, 4) is 11.5 Å². The molecule has 0 saturated heterocycles. The van der Waals surface area contributed by atoms with Gasteiger partial charge in [0.15, 0.2) is 0 Å². The fourth-order valence-corrected chi connectivity index (χ4v) is 2.05. The molecule has 0 saturated carbocycles. The third kappa shape index (κ3) is 3.62. The van der Waals surface area contributed by atoms with Gasteiger partial charge in [-0.15, -0.1) is 0 Å². The summed E-state index contributed by atoms with van der Waals surface area (Å²) in [7, 11) is 1.61. The van der Waals surface area contributed by atoms with Crippen LogP contribution < -0.4 is 9.47 Å². The molecule has 0 bridgehead atoms. The highest BCUT2D eigenvalue weighted by Gasteiger charge is 2.06. The Balaban J connectivity index is 2.14. The highest BCUT2D eigenvalue weighted by molar-refractivity contribution is 6.30. The van der Waals surface area contributed by atoms with Gasteiger partial charge in [-0.25, -0.2) is 0 Å². The van der Waals surface area contributed by atoms with E-state index >= 15 is 0 Å². The van der Waals surface area contributed by atoms with Crippen LogP contribution in [-0.2, 0) is 13.2 Å². The fourth-order valence-electron chi connectivity index (χ4n) is 1.86. The zero-order chi connectivity index (χ0) is 14.5. The molecule has 1 heterocycles. The Kier molecular flexibility index (Phi) is 4.82. The Morgan fingerprint density at radius 3 is 2.75 bits per heavy atom. The lowest BCUT2D eigenvalue weighted by atomic mass is 10.2. The van der Waals surface area contributed by atoms with E-state index in [0.29, 0.717) is 22.9 Å². The highest BCUT2D eigenvalue weighted by atomic mass is 35.5. The molecular formula is C15H16ClNO3. The maximum atomic E-state index is 9.29. The molecule has 0 spiro atoms. The fraction of sp³-hybridized carbons (Fsp3) is 0.267. The monoisotopic (exact) mass is 293 g/mol. The van der Waals surface area contributed by atoms with E-state index in [0.717, 1.165) is 17.1 Å². The zero-order valence-electron chi connectivity index (χ0n) is 11.4. The van der Waals surface area contributed by atoms with E-state index in [1.54, 1.807) is 25.3 Å². The van der Waals surface area contributed by atoms with Gasteiger partial charge in [0.2, 0.25) is 0 Å². The number of rotatable bonds is 5. The standard InChI is InChI=1S/C15H16ClNO3/c1-10-5-14(19-2)7-13(17-10)9-20-15-4-3-12(16)6-11(15)8-18/h3-7,18H,8-9H2,1-2H3. The first-order valence-electron chi connectivity index (χ1n) is 6.16. The van der Waals surface area contributed by atoms with Crippen LogP contribution in [-0.4, -0.2) is 17.2 Å². The van der Waals surface area contributed by atoms with Crippen LogP contribution in [0.4, 0.5) is 0 Å². The lowest BCUT2D eigenvalue weighted by molar-refractivity contribution is 0.257. The van der Waals surface area contributed by atoms with Gasteiger partial charge >= 0.3 is 0 Å².